The van der Waals surface area contributed by atoms with Crippen LogP contribution in [-0.4, -0.2) is 9.97 Å². The highest BCUT2D eigenvalue weighted by molar-refractivity contribution is 5.31. The lowest BCUT2D eigenvalue weighted by atomic mass is 10.1. The van der Waals surface area contributed by atoms with E-state index in [2.05, 4.69) is 37.7 Å². The predicted molar refractivity (Wildman–Crippen MR) is 63.7 cm³/mol. The Kier molecular flexibility index (Phi) is 4.06. The molecule has 0 aliphatic rings. The maximum absolute atomic E-state index is 5.75. The number of nitrogen functional groups attached to an aromatic ring is 1. The van der Waals surface area contributed by atoms with Gasteiger partial charge in [0.1, 0.15) is 11.6 Å². The molecule has 1 aromatic heterocycles. The monoisotopic (exact) mass is 207 g/mol. The summed E-state index contributed by atoms with van der Waals surface area (Å²) in [4.78, 5) is 8.77. The third-order valence-electron chi connectivity index (χ3n) is 2.35. The zero-order valence-electron chi connectivity index (χ0n) is 10.1. The van der Waals surface area contributed by atoms with Crippen molar-refractivity contribution in [1.82, 2.24) is 9.97 Å². The average molecular weight is 207 g/mol. The summed E-state index contributed by atoms with van der Waals surface area (Å²) in [6.45, 7) is 8.65. The quantitative estimate of drug-likeness (QED) is 0.826. The minimum absolute atomic E-state index is 0.410. The minimum atomic E-state index is 0.410. The van der Waals surface area contributed by atoms with Crippen molar-refractivity contribution in [3.63, 3.8) is 0 Å². The second kappa shape index (κ2) is 5.10. The van der Waals surface area contributed by atoms with Crippen LogP contribution in [0.2, 0.25) is 0 Å². The van der Waals surface area contributed by atoms with Gasteiger partial charge >= 0.3 is 0 Å². The van der Waals surface area contributed by atoms with E-state index in [1.165, 1.54) is 0 Å². The van der Waals surface area contributed by atoms with Crippen molar-refractivity contribution in [2.75, 3.05) is 5.73 Å². The molecule has 0 aliphatic carbocycles. The van der Waals surface area contributed by atoms with Crippen LogP contribution in [0.4, 0.5) is 5.82 Å². The van der Waals surface area contributed by atoms with Crippen LogP contribution in [0.15, 0.2) is 6.07 Å². The van der Waals surface area contributed by atoms with Crippen molar-refractivity contribution in [3.8, 4) is 0 Å². The van der Waals surface area contributed by atoms with E-state index < -0.39 is 0 Å². The van der Waals surface area contributed by atoms with Crippen LogP contribution in [-0.2, 0) is 6.42 Å². The number of hydrogen-bond donors (Lipinski definition) is 1. The van der Waals surface area contributed by atoms with Gasteiger partial charge in [-0.1, -0.05) is 27.7 Å². The summed E-state index contributed by atoms with van der Waals surface area (Å²) in [5.41, 5.74) is 6.80. The highest BCUT2D eigenvalue weighted by Crippen LogP contribution is 2.15. The Hall–Kier alpha value is -1.12. The molecule has 3 heteroatoms. The first-order chi connectivity index (χ1) is 6.99. The van der Waals surface area contributed by atoms with Crippen LogP contribution in [0.5, 0.6) is 0 Å². The molecule has 0 amide bonds. The number of nitrogens with zero attached hydrogens (tertiary/aromatic N) is 2. The molecule has 15 heavy (non-hydrogen) atoms. The summed E-state index contributed by atoms with van der Waals surface area (Å²) in [5, 5.41) is 0. The van der Waals surface area contributed by atoms with Gasteiger partial charge in [-0.05, 0) is 18.3 Å². The van der Waals surface area contributed by atoms with Crippen molar-refractivity contribution in [2.45, 2.75) is 46.5 Å². The minimum Gasteiger partial charge on any atom is -0.384 e. The molecular weight excluding hydrogens is 186 g/mol. The molecule has 0 saturated heterocycles. The molecule has 2 N–H and O–H groups in total. The number of nitrogens with two attached hydrogens (primary N) is 1. The Morgan fingerprint density at radius 2 is 1.87 bits per heavy atom. The molecule has 0 fully saturated rings. The standard InChI is InChI=1S/C12H21N3/c1-8(2)5-6-12-14-10(9(3)4)7-11(13)15-12/h7-9H,5-6H2,1-4H3,(H2,13,14,15). The van der Waals surface area contributed by atoms with Gasteiger partial charge in [-0.3, -0.25) is 0 Å². The van der Waals surface area contributed by atoms with E-state index in [4.69, 9.17) is 5.73 Å². The van der Waals surface area contributed by atoms with E-state index >= 15 is 0 Å². The average Bonchev–Trinajstić information content (AvgIpc) is 2.13. The topological polar surface area (TPSA) is 51.8 Å². The zero-order chi connectivity index (χ0) is 11.4. The van der Waals surface area contributed by atoms with Gasteiger partial charge in [0.15, 0.2) is 0 Å². The smallest absolute Gasteiger partial charge is 0.131 e. The van der Waals surface area contributed by atoms with Crippen LogP contribution >= 0.6 is 0 Å². The first-order valence-corrected chi connectivity index (χ1v) is 5.62. The maximum atomic E-state index is 5.75. The number of aromatic nitrogens is 2. The summed E-state index contributed by atoms with van der Waals surface area (Å²) in [7, 11) is 0. The van der Waals surface area contributed by atoms with Gasteiger partial charge in [-0.2, -0.15) is 0 Å². The van der Waals surface area contributed by atoms with Gasteiger partial charge in [0.05, 0.1) is 0 Å². The first-order valence-electron chi connectivity index (χ1n) is 5.62. The molecule has 1 rings (SSSR count). The molecule has 0 bridgehead atoms. The van der Waals surface area contributed by atoms with Gasteiger partial charge in [0.25, 0.3) is 0 Å². The van der Waals surface area contributed by atoms with E-state index in [0.717, 1.165) is 24.4 Å². The van der Waals surface area contributed by atoms with Gasteiger partial charge in [-0.25, -0.2) is 9.97 Å². The van der Waals surface area contributed by atoms with Crippen LogP contribution in [0, 0.1) is 5.92 Å². The Morgan fingerprint density at radius 3 is 2.40 bits per heavy atom. The lowest BCUT2D eigenvalue weighted by molar-refractivity contribution is 0.572. The lowest BCUT2D eigenvalue weighted by Crippen LogP contribution is -2.05. The lowest BCUT2D eigenvalue weighted by Gasteiger charge is -2.09. The number of hydrogen-bond acceptors (Lipinski definition) is 3. The van der Waals surface area contributed by atoms with Gasteiger partial charge in [-0.15, -0.1) is 0 Å². The molecule has 3 nitrogen and oxygen atoms in total. The first kappa shape index (κ1) is 12.0. The summed E-state index contributed by atoms with van der Waals surface area (Å²) < 4.78 is 0. The molecule has 1 heterocycles. The fourth-order valence-electron chi connectivity index (χ4n) is 1.36. The second-order valence-corrected chi connectivity index (χ2v) is 4.72. The van der Waals surface area contributed by atoms with E-state index in [1.54, 1.807) is 0 Å². The number of anilines is 1. The van der Waals surface area contributed by atoms with Gasteiger partial charge in [0, 0.05) is 18.2 Å². The Bertz CT molecular complexity index is 319. The number of rotatable bonds is 4. The molecular formula is C12H21N3. The number of aryl methyl sites for hydroxylation is 1. The molecule has 0 spiro atoms. The molecule has 0 aromatic carbocycles. The molecule has 84 valence electrons. The Morgan fingerprint density at radius 1 is 1.20 bits per heavy atom. The zero-order valence-corrected chi connectivity index (χ0v) is 10.1. The van der Waals surface area contributed by atoms with Crippen molar-refractivity contribution in [3.05, 3.63) is 17.6 Å². The van der Waals surface area contributed by atoms with E-state index in [0.29, 0.717) is 17.7 Å². The van der Waals surface area contributed by atoms with Gasteiger partial charge in [0.2, 0.25) is 0 Å². The van der Waals surface area contributed by atoms with E-state index in [9.17, 15) is 0 Å². The fourth-order valence-corrected chi connectivity index (χ4v) is 1.36. The van der Waals surface area contributed by atoms with E-state index in [1.807, 2.05) is 6.07 Å². The summed E-state index contributed by atoms with van der Waals surface area (Å²) in [5.74, 6) is 2.56. The molecule has 0 atom stereocenters. The normalized spacial score (nSPS) is 11.3. The van der Waals surface area contributed by atoms with Crippen molar-refractivity contribution in [2.24, 2.45) is 5.92 Å². The largest absolute Gasteiger partial charge is 0.384 e. The van der Waals surface area contributed by atoms with Gasteiger partial charge < -0.3 is 5.73 Å². The van der Waals surface area contributed by atoms with Crippen LogP contribution in [0.3, 0.4) is 0 Å². The molecule has 0 aliphatic heterocycles. The van der Waals surface area contributed by atoms with Crippen LogP contribution < -0.4 is 5.73 Å². The van der Waals surface area contributed by atoms with E-state index in [-0.39, 0.29) is 0 Å². The van der Waals surface area contributed by atoms with Crippen LogP contribution in [0.1, 0.15) is 51.6 Å². The highest BCUT2D eigenvalue weighted by atomic mass is 14.9. The highest BCUT2D eigenvalue weighted by Gasteiger charge is 2.06. The third-order valence-corrected chi connectivity index (χ3v) is 2.35. The Balaban J connectivity index is 2.79. The SMILES string of the molecule is CC(C)CCc1nc(N)cc(C(C)C)n1. The predicted octanol–water partition coefficient (Wildman–Crippen LogP) is 2.77. The van der Waals surface area contributed by atoms with Crippen LogP contribution in [0.25, 0.3) is 0 Å². The summed E-state index contributed by atoms with van der Waals surface area (Å²) in [6, 6.07) is 1.86. The maximum Gasteiger partial charge on any atom is 0.131 e. The molecule has 1 aromatic rings. The Labute approximate surface area is 92.1 Å². The third kappa shape index (κ3) is 3.86. The molecule has 0 unspecified atom stereocenters. The summed E-state index contributed by atoms with van der Waals surface area (Å²) >= 11 is 0. The van der Waals surface area contributed by atoms with Crippen molar-refractivity contribution < 1.29 is 0 Å². The molecule has 0 saturated carbocycles. The van der Waals surface area contributed by atoms with Crippen molar-refractivity contribution >= 4 is 5.82 Å². The summed E-state index contributed by atoms with van der Waals surface area (Å²) in [6.07, 6.45) is 2.03. The van der Waals surface area contributed by atoms with Crippen molar-refractivity contribution in [1.29, 1.82) is 0 Å². The fraction of sp³-hybridized carbons (Fsp3) is 0.667. The second-order valence-electron chi connectivity index (χ2n) is 4.72. The molecule has 0 radical (unpaired) electrons.